The lowest BCUT2D eigenvalue weighted by molar-refractivity contribution is -0.204. The van der Waals surface area contributed by atoms with E-state index < -0.39 is 35.3 Å². The highest BCUT2D eigenvalue weighted by Crippen LogP contribution is 2.33. The van der Waals surface area contributed by atoms with Crippen molar-refractivity contribution < 1.29 is 36.3 Å². The number of ether oxygens (including phenoxy) is 1. The van der Waals surface area contributed by atoms with Crippen molar-refractivity contribution in [3.63, 3.8) is 0 Å². The molecule has 1 aromatic carbocycles. The van der Waals surface area contributed by atoms with Gasteiger partial charge in [-0.15, -0.1) is 0 Å². The largest absolute Gasteiger partial charge is 0.463 e. The van der Waals surface area contributed by atoms with E-state index in [-0.39, 0.29) is 12.3 Å². The second-order valence-corrected chi connectivity index (χ2v) is 5.03. The number of alkyl halides is 3. The smallest absolute Gasteiger partial charge is 0.441 e. The molecule has 0 aliphatic rings. The van der Waals surface area contributed by atoms with Gasteiger partial charge >= 0.3 is 17.8 Å². The fourth-order valence-electron chi connectivity index (χ4n) is 2.02. The van der Waals surface area contributed by atoms with E-state index in [1.807, 2.05) is 5.32 Å². The summed E-state index contributed by atoms with van der Waals surface area (Å²) in [7, 11) is 0. The predicted octanol–water partition coefficient (Wildman–Crippen LogP) is 3.08. The fourth-order valence-corrected chi connectivity index (χ4v) is 2.02. The van der Waals surface area contributed by atoms with E-state index in [4.69, 9.17) is 4.42 Å². The number of amides is 1. The van der Waals surface area contributed by atoms with Gasteiger partial charge in [0.05, 0.1) is 12.9 Å². The van der Waals surface area contributed by atoms with Crippen molar-refractivity contribution in [1.82, 2.24) is 5.32 Å². The molecule has 0 fully saturated rings. The minimum absolute atomic E-state index is 0.267. The van der Waals surface area contributed by atoms with Crippen LogP contribution in [0, 0.1) is 5.82 Å². The Labute approximate surface area is 145 Å². The summed E-state index contributed by atoms with van der Waals surface area (Å²) in [6.45, 7) is 0.948. The zero-order valence-electron chi connectivity index (χ0n) is 13.4. The molecule has 0 saturated heterocycles. The van der Waals surface area contributed by atoms with Crippen LogP contribution in [0.4, 0.5) is 23.2 Å². The fraction of sp³-hybridized carbons (Fsp3) is 0.250. The number of carbonyl (C=O) groups excluding carboxylic acids is 2. The lowest BCUT2D eigenvalue weighted by Crippen LogP contribution is -2.69. The van der Waals surface area contributed by atoms with Gasteiger partial charge in [-0.3, -0.25) is 4.79 Å². The highest BCUT2D eigenvalue weighted by Gasteiger charge is 2.63. The van der Waals surface area contributed by atoms with Gasteiger partial charge < -0.3 is 19.8 Å². The molecule has 140 valence electrons. The topological polar surface area (TPSA) is 80.6 Å². The molecule has 6 nitrogen and oxygen atoms in total. The molecule has 1 amide bonds. The van der Waals surface area contributed by atoms with E-state index >= 15 is 0 Å². The first-order chi connectivity index (χ1) is 12.2. The monoisotopic (exact) mass is 374 g/mol. The molecule has 2 aromatic rings. The number of hydrogen-bond acceptors (Lipinski definition) is 5. The maximum Gasteiger partial charge on any atom is 0.441 e. The van der Waals surface area contributed by atoms with Crippen molar-refractivity contribution >= 4 is 17.6 Å². The van der Waals surface area contributed by atoms with E-state index in [2.05, 4.69) is 4.74 Å². The Morgan fingerprint density at radius 3 is 2.31 bits per heavy atom. The Balaban J connectivity index is 2.47. The first-order valence-corrected chi connectivity index (χ1v) is 7.33. The Kier molecular flexibility index (Phi) is 5.53. The van der Waals surface area contributed by atoms with Crippen LogP contribution in [0.15, 0.2) is 47.1 Å². The van der Waals surface area contributed by atoms with E-state index in [0.717, 1.165) is 36.6 Å². The number of anilines is 1. The second kappa shape index (κ2) is 7.46. The molecule has 2 rings (SSSR count). The van der Waals surface area contributed by atoms with Gasteiger partial charge in [-0.25, -0.2) is 9.18 Å². The number of esters is 1. The summed E-state index contributed by atoms with van der Waals surface area (Å²) in [4.78, 5) is 24.3. The van der Waals surface area contributed by atoms with Crippen LogP contribution in [0.2, 0.25) is 0 Å². The third kappa shape index (κ3) is 3.95. The molecule has 1 unspecified atom stereocenters. The first kappa shape index (κ1) is 19.3. The van der Waals surface area contributed by atoms with Crippen LogP contribution < -0.4 is 10.6 Å². The molecule has 1 atom stereocenters. The Morgan fingerprint density at radius 2 is 1.81 bits per heavy atom. The molecule has 0 radical (unpaired) electrons. The van der Waals surface area contributed by atoms with Crippen LogP contribution >= 0.6 is 0 Å². The minimum atomic E-state index is -5.30. The van der Waals surface area contributed by atoms with Gasteiger partial charge in [-0.1, -0.05) is 0 Å². The van der Waals surface area contributed by atoms with Crippen molar-refractivity contribution in [2.24, 2.45) is 0 Å². The lowest BCUT2D eigenvalue weighted by atomic mass is 10.1. The number of halogens is 4. The highest BCUT2D eigenvalue weighted by atomic mass is 19.4. The maximum atomic E-state index is 13.8. The van der Waals surface area contributed by atoms with E-state index in [1.54, 1.807) is 5.32 Å². The molecule has 10 heteroatoms. The molecule has 0 aliphatic heterocycles. The summed E-state index contributed by atoms with van der Waals surface area (Å²) in [5.41, 5.74) is -3.87. The van der Waals surface area contributed by atoms with Crippen molar-refractivity contribution in [2.45, 2.75) is 18.8 Å². The molecule has 0 bridgehead atoms. The average molecular weight is 374 g/mol. The lowest BCUT2D eigenvalue weighted by Gasteiger charge is -2.35. The number of nitrogens with one attached hydrogen (secondary N) is 2. The maximum absolute atomic E-state index is 13.8. The molecular formula is C16H14F4N2O4. The van der Waals surface area contributed by atoms with Crippen LogP contribution in [0.1, 0.15) is 17.5 Å². The zero-order valence-corrected chi connectivity index (χ0v) is 13.4. The van der Waals surface area contributed by atoms with Gasteiger partial charge in [0.15, 0.2) is 5.76 Å². The third-order valence-electron chi connectivity index (χ3n) is 3.23. The number of hydrogen-bond donors (Lipinski definition) is 2. The van der Waals surface area contributed by atoms with Crippen molar-refractivity contribution in [1.29, 1.82) is 0 Å². The summed E-state index contributed by atoms with van der Waals surface area (Å²) < 4.78 is 63.8. The van der Waals surface area contributed by atoms with Crippen molar-refractivity contribution in [3.05, 3.63) is 54.2 Å². The summed E-state index contributed by atoms with van der Waals surface area (Å²) in [6, 6.07) is 6.16. The normalized spacial score (nSPS) is 13.6. The molecule has 0 spiro atoms. The SMILES string of the molecule is CCOC(=O)C(NC(=O)c1ccco1)(Nc1ccc(F)cc1)C(F)(F)F. The molecular weight excluding hydrogens is 360 g/mol. The van der Waals surface area contributed by atoms with Gasteiger partial charge in [0.25, 0.3) is 5.91 Å². The van der Waals surface area contributed by atoms with E-state index in [0.29, 0.717) is 0 Å². The average Bonchev–Trinajstić information content (AvgIpc) is 3.10. The van der Waals surface area contributed by atoms with Crippen LogP contribution in [0.3, 0.4) is 0 Å². The Bertz CT molecular complexity index is 760. The van der Waals surface area contributed by atoms with Crippen molar-refractivity contribution in [3.8, 4) is 0 Å². The standard InChI is InChI=1S/C16H14F4N2O4/c1-2-25-14(24)15(16(18,19)20,21-11-7-5-10(17)6-8-11)22-13(23)12-4-3-9-26-12/h3-9,21H,2H2,1H3,(H,22,23). The number of rotatable bonds is 6. The molecule has 1 heterocycles. The van der Waals surface area contributed by atoms with Gasteiger partial charge in [0.1, 0.15) is 5.82 Å². The minimum Gasteiger partial charge on any atom is -0.463 e. The molecule has 0 saturated carbocycles. The van der Waals surface area contributed by atoms with Crippen LogP contribution in [-0.4, -0.2) is 30.3 Å². The molecule has 26 heavy (non-hydrogen) atoms. The first-order valence-electron chi connectivity index (χ1n) is 7.33. The summed E-state index contributed by atoms with van der Waals surface area (Å²) in [5.74, 6) is -4.21. The van der Waals surface area contributed by atoms with Crippen LogP contribution in [-0.2, 0) is 9.53 Å². The summed E-state index contributed by atoms with van der Waals surface area (Å²) in [5, 5.41) is 3.48. The van der Waals surface area contributed by atoms with Crippen LogP contribution in [0.25, 0.3) is 0 Å². The molecule has 1 aromatic heterocycles. The summed E-state index contributed by atoms with van der Waals surface area (Å²) >= 11 is 0. The Morgan fingerprint density at radius 1 is 1.15 bits per heavy atom. The predicted molar refractivity (Wildman–Crippen MR) is 81.6 cm³/mol. The highest BCUT2D eigenvalue weighted by molar-refractivity contribution is 5.97. The summed E-state index contributed by atoms with van der Waals surface area (Å²) in [6.07, 6.45) is -4.21. The molecule has 0 aliphatic carbocycles. The number of furan rings is 1. The van der Waals surface area contributed by atoms with E-state index in [1.165, 1.54) is 13.0 Å². The zero-order chi connectivity index (χ0) is 19.4. The van der Waals surface area contributed by atoms with Crippen LogP contribution in [0.5, 0.6) is 0 Å². The van der Waals surface area contributed by atoms with Crippen molar-refractivity contribution in [2.75, 3.05) is 11.9 Å². The second-order valence-electron chi connectivity index (χ2n) is 5.03. The number of carbonyl (C=O) groups is 2. The van der Waals surface area contributed by atoms with Gasteiger partial charge in [-0.05, 0) is 43.3 Å². The molecule has 2 N–H and O–H groups in total. The third-order valence-corrected chi connectivity index (χ3v) is 3.23. The Hall–Kier alpha value is -3.04. The van der Waals surface area contributed by atoms with E-state index in [9.17, 15) is 27.2 Å². The number of benzene rings is 1. The van der Waals surface area contributed by atoms with Gasteiger partial charge in [0.2, 0.25) is 0 Å². The quantitative estimate of drug-likeness (QED) is 0.461. The van der Waals surface area contributed by atoms with Gasteiger partial charge in [-0.2, -0.15) is 13.2 Å². The van der Waals surface area contributed by atoms with Gasteiger partial charge in [0, 0.05) is 5.69 Å².